The van der Waals surface area contributed by atoms with Crippen LogP contribution in [-0.2, 0) is 0 Å². The van der Waals surface area contributed by atoms with Gasteiger partial charge in [-0.15, -0.1) is 0 Å². The summed E-state index contributed by atoms with van der Waals surface area (Å²) in [4.78, 5) is 4.91. The van der Waals surface area contributed by atoms with E-state index in [2.05, 4.69) is 46.4 Å². The summed E-state index contributed by atoms with van der Waals surface area (Å²) in [7, 11) is 2.18. The Morgan fingerprint density at radius 1 is 1.12 bits per heavy atom. The number of fused-ring (bicyclic) bond motifs is 1. The molecule has 2 aliphatic heterocycles. The van der Waals surface area contributed by atoms with Crippen molar-refractivity contribution in [3.05, 3.63) is 24.3 Å². The Hall–Kier alpha value is -1.22. The number of piperidine rings is 1. The molecule has 3 heteroatoms. The van der Waals surface area contributed by atoms with Crippen LogP contribution in [0.5, 0.6) is 0 Å². The number of nitrogens with zero attached hydrogens (tertiary/aromatic N) is 2. The molecule has 0 bridgehead atoms. The van der Waals surface area contributed by atoms with Gasteiger partial charge in [0.05, 0.1) is 18.0 Å². The number of para-hydroxylation sites is 2. The summed E-state index contributed by atoms with van der Waals surface area (Å²) in [5, 5.41) is 3.43. The van der Waals surface area contributed by atoms with Crippen LogP contribution >= 0.6 is 0 Å². The van der Waals surface area contributed by atoms with Crippen molar-refractivity contribution >= 4 is 11.4 Å². The first kappa shape index (κ1) is 9.97. The fourth-order valence-corrected chi connectivity index (χ4v) is 2.84. The second-order valence-corrected chi connectivity index (χ2v) is 4.78. The summed E-state index contributed by atoms with van der Waals surface area (Å²) < 4.78 is 0. The Kier molecular flexibility index (Phi) is 2.48. The standard InChI is InChI=1S/C13H19N3/c1-15-10-16(11-6-8-14-9-7-11)13-5-3-2-4-12(13)15/h2-5,11,14H,6-10H2,1H3. The van der Waals surface area contributed by atoms with Crippen molar-refractivity contribution in [3.63, 3.8) is 0 Å². The summed E-state index contributed by atoms with van der Waals surface area (Å²) in [5.74, 6) is 0. The summed E-state index contributed by atoms with van der Waals surface area (Å²) in [6, 6.07) is 9.46. The molecule has 3 nitrogen and oxygen atoms in total. The van der Waals surface area contributed by atoms with Gasteiger partial charge in [0, 0.05) is 13.1 Å². The SMILES string of the molecule is CN1CN(C2CCNCC2)c2ccccc21. The number of nitrogens with one attached hydrogen (secondary N) is 1. The Morgan fingerprint density at radius 2 is 1.81 bits per heavy atom. The maximum absolute atomic E-state index is 3.43. The van der Waals surface area contributed by atoms with E-state index in [4.69, 9.17) is 0 Å². The van der Waals surface area contributed by atoms with E-state index in [1.54, 1.807) is 0 Å². The fourth-order valence-electron chi connectivity index (χ4n) is 2.84. The lowest BCUT2D eigenvalue weighted by Crippen LogP contribution is -2.44. The van der Waals surface area contributed by atoms with Gasteiger partial charge in [0.25, 0.3) is 0 Å². The molecular formula is C13H19N3. The third kappa shape index (κ3) is 1.55. The summed E-state index contributed by atoms with van der Waals surface area (Å²) in [6.45, 7) is 3.37. The average Bonchev–Trinajstić information content (AvgIpc) is 2.69. The van der Waals surface area contributed by atoms with E-state index in [0.29, 0.717) is 6.04 Å². The predicted octanol–water partition coefficient (Wildman–Crippen LogP) is 1.65. The molecule has 0 saturated carbocycles. The van der Waals surface area contributed by atoms with Gasteiger partial charge in [0.15, 0.2) is 0 Å². The van der Waals surface area contributed by atoms with Gasteiger partial charge in [-0.25, -0.2) is 0 Å². The van der Waals surface area contributed by atoms with Gasteiger partial charge in [0.1, 0.15) is 0 Å². The highest BCUT2D eigenvalue weighted by Crippen LogP contribution is 2.37. The molecule has 86 valence electrons. The van der Waals surface area contributed by atoms with Crippen LogP contribution in [0.25, 0.3) is 0 Å². The van der Waals surface area contributed by atoms with Crippen molar-refractivity contribution in [2.45, 2.75) is 18.9 Å². The largest absolute Gasteiger partial charge is 0.355 e. The molecule has 1 saturated heterocycles. The lowest BCUT2D eigenvalue weighted by Gasteiger charge is -2.33. The highest BCUT2D eigenvalue weighted by atomic mass is 15.4. The quantitative estimate of drug-likeness (QED) is 0.771. The summed E-state index contributed by atoms with van der Waals surface area (Å²) in [6.07, 6.45) is 2.53. The Labute approximate surface area is 97.0 Å². The lowest BCUT2D eigenvalue weighted by atomic mass is 10.0. The van der Waals surface area contributed by atoms with Crippen LogP contribution in [0, 0.1) is 0 Å². The van der Waals surface area contributed by atoms with Crippen molar-refractivity contribution in [2.75, 3.05) is 36.6 Å². The molecule has 0 atom stereocenters. The van der Waals surface area contributed by atoms with Crippen molar-refractivity contribution < 1.29 is 0 Å². The maximum atomic E-state index is 3.43. The van der Waals surface area contributed by atoms with Gasteiger partial charge < -0.3 is 15.1 Å². The zero-order valence-electron chi connectivity index (χ0n) is 9.82. The molecule has 16 heavy (non-hydrogen) atoms. The Balaban J connectivity index is 1.87. The fraction of sp³-hybridized carbons (Fsp3) is 0.538. The van der Waals surface area contributed by atoms with Crippen LogP contribution < -0.4 is 15.1 Å². The third-order valence-electron chi connectivity index (χ3n) is 3.72. The molecule has 1 aromatic carbocycles. The van der Waals surface area contributed by atoms with Crippen LogP contribution in [0.4, 0.5) is 11.4 Å². The van der Waals surface area contributed by atoms with Crippen LogP contribution in [0.3, 0.4) is 0 Å². The van der Waals surface area contributed by atoms with Crippen LogP contribution in [-0.4, -0.2) is 32.8 Å². The van der Waals surface area contributed by atoms with E-state index < -0.39 is 0 Å². The molecule has 1 N–H and O–H groups in total. The van der Waals surface area contributed by atoms with Crippen LogP contribution in [0.2, 0.25) is 0 Å². The molecule has 0 aliphatic carbocycles. The predicted molar refractivity (Wildman–Crippen MR) is 68.1 cm³/mol. The molecule has 0 unspecified atom stereocenters. The van der Waals surface area contributed by atoms with E-state index in [9.17, 15) is 0 Å². The minimum atomic E-state index is 0.715. The molecular weight excluding hydrogens is 198 g/mol. The molecule has 3 rings (SSSR count). The van der Waals surface area contributed by atoms with E-state index in [0.717, 1.165) is 19.8 Å². The van der Waals surface area contributed by atoms with Gasteiger partial charge in [0.2, 0.25) is 0 Å². The van der Waals surface area contributed by atoms with E-state index in [1.807, 2.05) is 0 Å². The van der Waals surface area contributed by atoms with E-state index in [1.165, 1.54) is 24.2 Å². The highest BCUT2D eigenvalue weighted by molar-refractivity contribution is 5.76. The topological polar surface area (TPSA) is 18.5 Å². The zero-order valence-corrected chi connectivity index (χ0v) is 9.82. The van der Waals surface area contributed by atoms with Gasteiger partial charge in [-0.05, 0) is 38.1 Å². The van der Waals surface area contributed by atoms with Crippen molar-refractivity contribution in [1.29, 1.82) is 0 Å². The zero-order chi connectivity index (χ0) is 11.0. The Morgan fingerprint density at radius 3 is 2.56 bits per heavy atom. The normalized spacial score (nSPS) is 21.3. The Bertz CT molecular complexity index is 371. The minimum absolute atomic E-state index is 0.715. The average molecular weight is 217 g/mol. The van der Waals surface area contributed by atoms with Gasteiger partial charge >= 0.3 is 0 Å². The molecule has 0 amide bonds. The number of hydrogen-bond acceptors (Lipinski definition) is 3. The molecule has 2 aliphatic rings. The molecule has 0 radical (unpaired) electrons. The molecule has 1 aromatic rings. The van der Waals surface area contributed by atoms with Crippen molar-refractivity contribution in [1.82, 2.24) is 5.32 Å². The molecule has 1 fully saturated rings. The molecule has 0 aromatic heterocycles. The van der Waals surface area contributed by atoms with Crippen LogP contribution in [0.15, 0.2) is 24.3 Å². The van der Waals surface area contributed by atoms with E-state index in [-0.39, 0.29) is 0 Å². The van der Waals surface area contributed by atoms with Crippen LogP contribution in [0.1, 0.15) is 12.8 Å². The smallest absolute Gasteiger partial charge is 0.0904 e. The summed E-state index contributed by atoms with van der Waals surface area (Å²) in [5.41, 5.74) is 2.79. The second kappa shape index (κ2) is 3.98. The van der Waals surface area contributed by atoms with Crippen molar-refractivity contribution in [2.24, 2.45) is 0 Å². The maximum Gasteiger partial charge on any atom is 0.0904 e. The van der Waals surface area contributed by atoms with Gasteiger partial charge in [-0.1, -0.05) is 12.1 Å². The first-order valence-electron chi connectivity index (χ1n) is 6.14. The van der Waals surface area contributed by atoms with Crippen molar-refractivity contribution in [3.8, 4) is 0 Å². The molecule has 2 heterocycles. The monoisotopic (exact) mass is 217 g/mol. The first-order valence-corrected chi connectivity index (χ1v) is 6.14. The number of hydrogen-bond donors (Lipinski definition) is 1. The van der Waals surface area contributed by atoms with E-state index >= 15 is 0 Å². The third-order valence-corrected chi connectivity index (χ3v) is 3.72. The number of rotatable bonds is 1. The second-order valence-electron chi connectivity index (χ2n) is 4.78. The minimum Gasteiger partial charge on any atom is -0.355 e. The number of benzene rings is 1. The van der Waals surface area contributed by atoms with Gasteiger partial charge in [-0.3, -0.25) is 0 Å². The van der Waals surface area contributed by atoms with Gasteiger partial charge in [-0.2, -0.15) is 0 Å². The summed E-state index contributed by atoms with van der Waals surface area (Å²) >= 11 is 0. The first-order chi connectivity index (χ1) is 7.86. The number of anilines is 2. The molecule has 0 spiro atoms. The lowest BCUT2D eigenvalue weighted by molar-refractivity contribution is 0.435. The highest BCUT2D eigenvalue weighted by Gasteiger charge is 2.29.